The molecule has 2 N–H and O–H groups in total. The molecule has 1 fully saturated rings. The number of methoxy groups -OCH3 is 2. The van der Waals surface area contributed by atoms with Crippen LogP contribution in [-0.2, 0) is 11.3 Å². The Labute approximate surface area is 290 Å². The maximum Gasteiger partial charge on any atom is 0.411 e. The van der Waals surface area contributed by atoms with Crippen molar-refractivity contribution in [1.29, 1.82) is 0 Å². The van der Waals surface area contributed by atoms with Crippen molar-refractivity contribution in [3.8, 4) is 17.2 Å². The van der Waals surface area contributed by atoms with E-state index in [0.717, 1.165) is 69.7 Å². The number of halogens is 1. The molecule has 0 bridgehead atoms. The van der Waals surface area contributed by atoms with Crippen LogP contribution < -0.4 is 24.4 Å². The molecule has 0 saturated heterocycles. The molecule has 2 heterocycles. The molecule has 1 unspecified atom stereocenters. The minimum absolute atomic E-state index is 0.00522. The lowest BCUT2D eigenvalue weighted by Crippen LogP contribution is -2.30. The number of benzene rings is 4. The molecule has 7 rings (SSSR count). The topological polar surface area (TPSA) is 102 Å². The molecule has 0 spiro atoms. The number of rotatable bonds is 9. The number of aromatic nitrogens is 1. The predicted octanol–water partition coefficient (Wildman–Crippen LogP) is 9.09. The van der Waals surface area contributed by atoms with E-state index in [1.165, 1.54) is 6.42 Å². The zero-order valence-electron chi connectivity index (χ0n) is 27.9. The lowest BCUT2D eigenvalue weighted by atomic mass is 9.95. The lowest BCUT2D eigenvalue weighted by molar-refractivity contribution is 0.0865. The summed E-state index contributed by atoms with van der Waals surface area (Å²) in [7, 11) is 3.20. The molecule has 0 radical (unpaired) electrons. The molecular formula is C39H40ClN3O6. The Morgan fingerprint density at radius 3 is 2.41 bits per heavy atom. The van der Waals surface area contributed by atoms with Crippen molar-refractivity contribution >= 4 is 56.7 Å². The molecule has 2 amide bonds. The number of hydrogen-bond acceptors (Lipinski definition) is 6. The van der Waals surface area contributed by atoms with Gasteiger partial charge in [0.05, 0.1) is 25.4 Å². The number of nitrogens with one attached hydrogen (secondary N) is 2. The maximum atomic E-state index is 14.2. The number of aromatic amines is 1. The van der Waals surface area contributed by atoms with Crippen molar-refractivity contribution < 1.29 is 28.5 Å². The van der Waals surface area contributed by atoms with Crippen molar-refractivity contribution in [3.05, 3.63) is 89.1 Å². The lowest BCUT2D eigenvalue weighted by Gasteiger charge is -2.21. The van der Waals surface area contributed by atoms with Crippen LogP contribution in [0.1, 0.15) is 65.2 Å². The molecule has 254 valence electrons. The number of hydrogen-bond donors (Lipinski definition) is 2. The highest BCUT2D eigenvalue weighted by Crippen LogP contribution is 2.46. The number of H-pyrrole nitrogens is 1. The number of aryl methyl sites for hydroxylation is 1. The van der Waals surface area contributed by atoms with E-state index in [-0.39, 0.29) is 17.9 Å². The third-order valence-electron chi connectivity index (χ3n) is 9.71. The van der Waals surface area contributed by atoms with Crippen LogP contribution in [0.4, 0.5) is 16.2 Å². The number of alkyl halides is 1. The van der Waals surface area contributed by atoms with E-state index in [4.69, 9.17) is 30.5 Å². The van der Waals surface area contributed by atoms with Gasteiger partial charge in [0.2, 0.25) is 0 Å². The molecule has 1 atom stereocenters. The largest absolute Gasteiger partial charge is 0.493 e. The summed E-state index contributed by atoms with van der Waals surface area (Å²) in [5.74, 6) is 2.07. The number of amides is 2. The summed E-state index contributed by atoms with van der Waals surface area (Å²) in [4.78, 5) is 31.8. The van der Waals surface area contributed by atoms with E-state index in [1.54, 1.807) is 19.1 Å². The SMILES string of the molecule is COc1cc2cc(C(=O)N3CC(CCl)c4c3cc(OCc3ccc(NC(=O)OC5CCCCC5)cc3)c3ccccc43)[nH]c2c(C)c1OC. The average molecular weight is 682 g/mol. The second-order valence-electron chi connectivity index (χ2n) is 12.8. The number of ether oxygens (including phenoxy) is 4. The van der Waals surface area contributed by atoms with Crippen LogP contribution in [0.15, 0.2) is 66.7 Å². The molecule has 1 aromatic heterocycles. The van der Waals surface area contributed by atoms with Crippen LogP contribution in [0.3, 0.4) is 0 Å². The van der Waals surface area contributed by atoms with Crippen molar-refractivity contribution in [2.24, 2.45) is 0 Å². The predicted molar refractivity (Wildman–Crippen MR) is 193 cm³/mol. The Morgan fingerprint density at radius 1 is 0.939 bits per heavy atom. The molecule has 4 aromatic carbocycles. The highest BCUT2D eigenvalue weighted by molar-refractivity contribution is 6.19. The summed E-state index contributed by atoms with van der Waals surface area (Å²) in [6, 6.07) is 21.3. The van der Waals surface area contributed by atoms with E-state index in [0.29, 0.717) is 47.7 Å². The highest BCUT2D eigenvalue weighted by atomic mass is 35.5. The third kappa shape index (κ3) is 6.35. The van der Waals surface area contributed by atoms with Crippen LogP contribution in [0.25, 0.3) is 21.7 Å². The minimum Gasteiger partial charge on any atom is -0.493 e. The maximum absolute atomic E-state index is 14.2. The van der Waals surface area contributed by atoms with Gasteiger partial charge in [-0.15, -0.1) is 11.6 Å². The van der Waals surface area contributed by atoms with Crippen molar-refractivity contribution in [2.75, 3.05) is 36.9 Å². The Hall–Kier alpha value is -4.89. The van der Waals surface area contributed by atoms with Crippen LogP contribution in [0.5, 0.6) is 17.2 Å². The Balaban J connectivity index is 1.14. The fourth-order valence-corrected chi connectivity index (χ4v) is 7.50. The van der Waals surface area contributed by atoms with Crippen molar-refractivity contribution in [3.63, 3.8) is 0 Å². The van der Waals surface area contributed by atoms with Gasteiger partial charge in [0, 0.05) is 46.4 Å². The van der Waals surface area contributed by atoms with Gasteiger partial charge in [-0.1, -0.05) is 42.8 Å². The number of nitrogens with zero attached hydrogens (tertiary/aromatic N) is 1. The molecule has 10 heteroatoms. The number of carbonyl (C=O) groups excluding carboxylic acids is 2. The molecule has 1 aliphatic carbocycles. The molecule has 2 aliphatic rings. The highest BCUT2D eigenvalue weighted by Gasteiger charge is 2.36. The summed E-state index contributed by atoms with van der Waals surface area (Å²) >= 11 is 6.54. The van der Waals surface area contributed by atoms with E-state index < -0.39 is 6.09 Å². The van der Waals surface area contributed by atoms with Gasteiger partial charge in [0.15, 0.2) is 11.5 Å². The Morgan fingerprint density at radius 2 is 1.69 bits per heavy atom. The molecule has 1 aliphatic heterocycles. The Kier molecular flexibility index (Phi) is 9.27. The van der Waals surface area contributed by atoms with Gasteiger partial charge in [-0.3, -0.25) is 10.1 Å². The van der Waals surface area contributed by atoms with Gasteiger partial charge in [-0.2, -0.15) is 0 Å². The standard InChI is InChI=1S/C39H40ClN3O6/c1-23-36-25(18-34(46-2)37(23)47-3)17-31(42-36)38(44)43-21-26(20-40)35-30-12-8-7-11-29(30)33(19-32(35)43)48-22-24-13-15-27(16-14-24)41-39(45)49-28-9-5-4-6-10-28/h7-8,11-19,26,28,42H,4-6,9-10,20-22H2,1-3H3,(H,41,45). The van der Waals surface area contributed by atoms with Gasteiger partial charge in [0.25, 0.3) is 5.91 Å². The number of anilines is 2. The molecule has 5 aromatic rings. The first-order valence-corrected chi connectivity index (χ1v) is 17.3. The number of carbonyl (C=O) groups is 2. The number of fused-ring (bicyclic) bond motifs is 4. The molecule has 9 nitrogen and oxygen atoms in total. The quantitative estimate of drug-likeness (QED) is 0.151. The molecular weight excluding hydrogens is 642 g/mol. The molecule has 49 heavy (non-hydrogen) atoms. The summed E-state index contributed by atoms with van der Waals surface area (Å²) in [5.41, 5.74) is 5.56. The van der Waals surface area contributed by atoms with Gasteiger partial charge in [-0.25, -0.2) is 4.79 Å². The van der Waals surface area contributed by atoms with Crippen LogP contribution in [0, 0.1) is 6.92 Å². The van der Waals surface area contributed by atoms with Gasteiger partial charge in [-0.05, 0) is 73.4 Å². The summed E-state index contributed by atoms with van der Waals surface area (Å²) in [6.45, 7) is 2.69. The van der Waals surface area contributed by atoms with E-state index in [2.05, 4.69) is 16.4 Å². The van der Waals surface area contributed by atoms with Crippen LogP contribution in [-0.4, -0.2) is 49.7 Å². The van der Waals surface area contributed by atoms with Crippen LogP contribution >= 0.6 is 11.6 Å². The van der Waals surface area contributed by atoms with E-state index >= 15 is 0 Å². The summed E-state index contributed by atoms with van der Waals surface area (Å²) < 4.78 is 23.2. The van der Waals surface area contributed by atoms with E-state index in [1.807, 2.05) is 67.6 Å². The zero-order valence-corrected chi connectivity index (χ0v) is 28.7. The second kappa shape index (κ2) is 13.9. The first-order chi connectivity index (χ1) is 23.9. The Bertz CT molecular complexity index is 2020. The van der Waals surface area contributed by atoms with Crippen molar-refractivity contribution in [1.82, 2.24) is 4.98 Å². The summed E-state index contributed by atoms with van der Waals surface area (Å²) in [5, 5.41) is 5.66. The monoisotopic (exact) mass is 681 g/mol. The minimum atomic E-state index is -0.420. The first kappa shape index (κ1) is 32.6. The van der Waals surface area contributed by atoms with Crippen molar-refractivity contribution in [2.45, 2.75) is 57.7 Å². The first-order valence-electron chi connectivity index (χ1n) is 16.8. The zero-order chi connectivity index (χ0) is 34.1. The molecule has 1 saturated carbocycles. The van der Waals surface area contributed by atoms with Gasteiger partial charge >= 0.3 is 6.09 Å². The smallest absolute Gasteiger partial charge is 0.411 e. The third-order valence-corrected chi connectivity index (χ3v) is 10.1. The fourth-order valence-electron chi connectivity index (χ4n) is 7.24. The average Bonchev–Trinajstić information content (AvgIpc) is 3.73. The van der Waals surface area contributed by atoms with Gasteiger partial charge in [0.1, 0.15) is 24.2 Å². The second-order valence-corrected chi connectivity index (χ2v) is 13.1. The summed E-state index contributed by atoms with van der Waals surface area (Å²) in [6.07, 6.45) is 4.83. The van der Waals surface area contributed by atoms with Crippen LogP contribution in [0.2, 0.25) is 0 Å². The normalized spacial score (nSPS) is 16.1. The fraction of sp³-hybridized carbons (Fsp3) is 0.333. The van der Waals surface area contributed by atoms with E-state index in [9.17, 15) is 9.59 Å². The van der Waals surface area contributed by atoms with Gasteiger partial charge < -0.3 is 28.8 Å².